The number of alkyl halides is 1. The highest BCUT2D eigenvalue weighted by molar-refractivity contribution is 6.29. The molecule has 4 rings (SSSR count). The van der Waals surface area contributed by atoms with Crippen LogP contribution in [-0.4, -0.2) is 40.8 Å². The van der Waals surface area contributed by atoms with Gasteiger partial charge >= 0.3 is 0 Å². The van der Waals surface area contributed by atoms with Crippen molar-refractivity contribution in [3.8, 4) is 0 Å². The molecule has 0 bridgehead atoms. The summed E-state index contributed by atoms with van der Waals surface area (Å²) < 4.78 is 30.4. The second kappa shape index (κ2) is 9.07. The standard InChI is InChI=1S/C20H19ClF2N4O.ClH/c21-18-8-12(4-7-25-18)10-27-11-13(19-14(22)2-1-3-17(19)27)20(28)26-16-5-6-24-9-15(16)23;/h1-4,7-8,11,15-16,24H,5-6,9-10H2,(H,26,28);1H. The zero-order valence-electron chi connectivity index (χ0n) is 15.4. The summed E-state index contributed by atoms with van der Waals surface area (Å²) in [7, 11) is 0. The van der Waals surface area contributed by atoms with Gasteiger partial charge in [0, 0.05) is 30.9 Å². The number of piperidine rings is 1. The molecule has 1 aromatic carbocycles. The third-order valence-corrected chi connectivity index (χ3v) is 5.18. The topological polar surface area (TPSA) is 59.0 Å². The highest BCUT2D eigenvalue weighted by Crippen LogP contribution is 2.26. The lowest BCUT2D eigenvalue weighted by atomic mass is 10.0. The summed E-state index contributed by atoms with van der Waals surface area (Å²) in [4.78, 5) is 16.8. The number of carbonyl (C=O) groups is 1. The van der Waals surface area contributed by atoms with E-state index in [0.29, 0.717) is 30.2 Å². The van der Waals surface area contributed by atoms with Gasteiger partial charge in [-0.15, -0.1) is 12.4 Å². The van der Waals surface area contributed by atoms with Crippen LogP contribution in [0.2, 0.25) is 5.15 Å². The summed E-state index contributed by atoms with van der Waals surface area (Å²) in [5, 5.41) is 6.26. The molecule has 0 aliphatic carbocycles. The molecule has 0 saturated carbocycles. The van der Waals surface area contributed by atoms with Gasteiger partial charge in [0.1, 0.15) is 17.1 Å². The molecule has 154 valence electrons. The number of aromatic nitrogens is 2. The summed E-state index contributed by atoms with van der Waals surface area (Å²) in [6, 6.07) is 7.60. The maximum atomic E-state index is 14.6. The van der Waals surface area contributed by atoms with Crippen molar-refractivity contribution in [3.05, 3.63) is 64.8 Å². The Bertz CT molecular complexity index is 1030. The number of nitrogens with one attached hydrogen (secondary N) is 2. The molecule has 5 nitrogen and oxygen atoms in total. The van der Waals surface area contributed by atoms with Crippen LogP contribution in [0.5, 0.6) is 0 Å². The van der Waals surface area contributed by atoms with Gasteiger partial charge in [0.2, 0.25) is 0 Å². The molecule has 2 aromatic heterocycles. The van der Waals surface area contributed by atoms with Gasteiger partial charge in [0.15, 0.2) is 0 Å². The summed E-state index contributed by atoms with van der Waals surface area (Å²) in [6.45, 7) is 1.22. The first-order chi connectivity index (χ1) is 13.5. The maximum Gasteiger partial charge on any atom is 0.253 e. The van der Waals surface area contributed by atoms with E-state index in [1.54, 1.807) is 41.2 Å². The normalized spacial score (nSPS) is 19.0. The number of amides is 1. The van der Waals surface area contributed by atoms with Gasteiger partial charge in [-0.1, -0.05) is 17.7 Å². The van der Waals surface area contributed by atoms with E-state index < -0.39 is 23.9 Å². The first-order valence-electron chi connectivity index (χ1n) is 9.06. The van der Waals surface area contributed by atoms with Crippen molar-refractivity contribution < 1.29 is 13.6 Å². The monoisotopic (exact) mass is 440 g/mol. The number of fused-ring (bicyclic) bond motifs is 1. The van der Waals surface area contributed by atoms with Crippen molar-refractivity contribution in [2.45, 2.75) is 25.2 Å². The molecule has 3 heterocycles. The quantitative estimate of drug-likeness (QED) is 0.607. The minimum atomic E-state index is -1.17. The Labute approximate surface area is 177 Å². The molecule has 0 spiro atoms. The minimum Gasteiger partial charge on any atom is -0.346 e. The van der Waals surface area contributed by atoms with Crippen molar-refractivity contribution in [2.24, 2.45) is 0 Å². The van der Waals surface area contributed by atoms with Crippen LogP contribution in [0, 0.1) is 5.82 Å². The fourth-order valence-electron chi connectivity index (χ4n) is 3.58. The van der Waals surface area contributed by atoms with Gasteiger partial charge in [-0.25, -0.2) is 13.8 Å². The van der Waals surface area contributed by atoms with Crippen molar-refractivity contribution in [1.29, 1.82) is 0 Å². The molecule has 9 heteroatoms. The number of pyridine rings is 1. The average molecular weight is 441 g/mol. The Morgan fingerprint density at radius 1 is 1.38 bits per heavy atom. The Morgan fingerprint density at radius 2 is 2.21 bits per heavy atom. The number of halogens is 4. The summed E-state index contributed by atoms with van der Waals surface area (Å²) in [5.41, 5.74) is 1.65. The van der Waals surface area contributed by atoms with Crippen LogP contribution >= 0.6 is 24.0 Å². The van der Waals surface area contributed by atoms with Gasteiger partial charge in [0.25, 0.3) is 5.91 Å². The average Bonchev–Trinajstić information content (AvgIpc) is 3.04. The van der Waals surface area contributed by atoms with Crippen molar-refractivity contribution >= 4 is 40.8 Å². The maximum absolute atomic E-state index is 14.6. The number of nitrogens with zero attached hydrogens (tertiary/aromatic N) is 2. The first-order valence-corrected chi connectivity index (χ1v) is 9.44. The van der Waals surface area contributed by atoms with Crippen LogP contribution in [0.3, 0.4) is 0 Å². The lowest BCUT2D eigenvalue weighted by Gasteiger charge is -2.27. The molecule has 1 fully saturated rings. The van der Waals surface area contributed by atoms with E-state index in [0.717, 1.165) is 5.56 Å². The summed E-state index contributed by atoms with van der Waals surface area (Å²) >= 11 is 5.95. The molecule has 1 amide bonds. The minimum absolute atomic E-state index is 0. The van der Waals surface area contributed by atoms with Crippen LogP contribution in [0.15, 0.2) is 42.7 Å². The Kier molecular flexibility index (Phi) is 6.72. The smallest absolute Gasteiger partial charge is 0.253 e. The van der Waals surface area contributed by atoms with Gasteiger partial charge in [-0.05, 0) is 42.8 Å². The second-order valence-corrected chi connectivity index (χ2v) is 7.27. The van der Waals surface area contributed by atoms with Crippen LogP contribution < -0.4 is 10.6 Å². The van der Waals surface area contributed by atoms with Gasteiger partial charge in [-0.2, -0.15) is 0 Å². The molecule has 29 heavy (non-hydrogen) atoms. The van der Waals surface area contributed by atoms with Crippen LogP contribution in [0.1, 0.15) is 22.3 Å². The molecule has 2 unspecified atom stereocenters. The number of rotatable bonds is 4. The Morgan fingerprint density at radius 3 is 2.97 bits per heavy atom. The predicted octanol–water partition coefficient (Wildman–Crippen LogP) is 3.73. The summed E-state index contributed by atoms with van der Waals surface area (Å²) in [5.74, 6) is -0.965. The van der Waals surface area contributed by atoms with Gasteiger partial charge in [-0.3, -0.25) is 4.79 Å². The van der Waals surface area contributed by atoms with E-state index in [-0.39, 0.29) is 29.9 Å². The highest BCUT2D eigenvalue weighted by Gasteiger charge is 2.28. The van der Waals surface area contributed by atoms with Crippen LogP contribution in [0.4, 0.5) is 8.78 Å². The third kappa shape index (κ3) is 4.52. The molecule has 1 saturated heterocycles. The lowest BCUT2D eigenvalue weighted by molar-refractivity contribution is 0.0893. The van der Waals surface area contributed by atoms with Crippen LogP contribution in [0.25, 0.3) is 10.9 Å². The van der Waals surface area contributed by atoms with Crippen LogP contribution in [-0.2, 0) is 6.54 Å². The first kappa shape index (κ1) is 21.5. The van der Waals surface area contributed by atoms with E-state index in [1.807, 2.05) is 0 Å². The molecular formula is C20H20Cl2F2N4O. The molecule has 1 aliphatic heterocycles. The van der Waals surface area contributed by atoms with E-state index in [4.69, 9.17) is 11.6 Å². The fourth-order valence-corrected chi connectivity index (χ4v) is 3.78. The molecule has 1 aliphatic rings. The zero-order valence-corrected chi connectivity index (χ0v) is 16.9. The number of benzene rings is 1. The molecule has 2 atom stereocenters. The highest BCUT2D eigenvalue weighted by atomic mass is 35.5. The fraction of sp³-hybridized carbons (Fsp3) is 0.300. The van der Waals surface area contributed by atoms with Gasteiger partial charge < -0.3 is 15.2 Å². The third-order valence-electron chi connectivity index (χ3n) is 4.97. The molecular weight excluding hydrogens is 421 g/mol. The Balaban J connectivity index is 0.00000240. The molecule has 3 aromatic rings. The number of carbonyl (C=O) groups excluding carboxylic acids is 1. The zero-order chi connectivity index (χ0) is 19.7. The largest absolute Gasteiger partial charge is 0.346 e. The van der Waals surface area contributed by atoms with Crippen molar-refractivity contribution in [1.82, 2.24) is 20.2 Å². The molecule has 2 N–H and O–H groups in total. The van der Waals surface area contributed by atoms with E-state index >= 15 is 0 Å². The van der Waals surface area contributed by atoms with Gasteiger partial charge in [0.05, 0.1) is 17.1 Å². The number of hydrogen-bond acceptors (Lipinski definition) is 3. The van der Waals surface area contributed by atoms with Crippen molar-refractivity contribution in [3.63, 3.8) is 0 Å². The molecule has 0 radical (unpaired) electrons. The summed E-state index contributed by atoms with van der Waals surface area (Å²) in [6.07, 6.45) is 2.51. The number of hydrogen-bond donors (Lipinski definition) is 2. The Hall–Kier alpha value is -2.22. The SMILES string of the molecule is Cl.O=C(NC1CCNCC1F)c1cn(Cc2ccnc(Cl)c2)c2cccc(F)c12. The van der Waals surface area contributed by atoms with E-state index in [9.17, 15) is 13.6 Å². The van der Waals surface area contributed by atoms with Crippen molar-refractivity contribution in [2.75, 3.05) is 13.1 Å². The predicted molar refractivity (Wildman–Crippen MR) is 111 cm³/mol. The van der Waals surface area contributed by atoms with E-state index in [2.05, 4.69) is 15.6 Å². The second-order valence-electron chi connectivity index (χ2n) is 6.88. The lowest BCUT2D eigenvalue weighted by Crippen LogP contribution is -2.50. The van der Waals surface area contributed by atoms with E-state index in [1.165, 1.54) is 6.07 Å².